The van der Waals surface area contributed by atoms with Gasteiger partial charge in [0.1, 0.15) is 5.69 Å². The Morgan fingerprint density at radius 1 is 0.905 bits per heavy atom. The molecule has 0 N–H and O–H groups in total. The summed E-state index contributed by atoms with van der Waals surface area (Å²) in [6, 6.07) is 15.6. The molecule has 3 aromatic rings. The first-order valence-electron chi connectivity index (χ1n) is 6.52. The van der Waals surface area contributed by atoms with Crippen LogP contribution in [0.3, 0.4) is 0 Å². The fourth-order valence-electron chi connectivity index (χ4n) is 2.10. The zero-order valence-electron chi connectivity index (χ0n) is 11.9. The van der Waals surface area contributed by atoms with Crippen molar-refractivity contribution in [3.63, 3.8) is 0 Å². The fourth-order valence-corrected chi connectivity index (χ4v) is 2.10. The largest absolute Gasteiger partial charge is 0.493 e. The van der Waals surface area contributed by atoms with Crippen molar-refractivity contribution in [2.75, 3.05) is 14.2 Å². The van der Waals surface area contributed by atoms with Gasteiger partial charge in [-0.3, -0.25) is 0 Å². The molecule has 5 nitrogen and oxygen atoms in total. The Morgan fingerprint density at radius 3 is 2.38 bits per heavy atom. The summed E-state index contributed by atoms with van der Waals surface area (Å²) in [6.45, 7) is 0. The minimum atomic E-state index is 0.659. The van der Waals surface area contributed by atoms with Gasteiger partial charge in [-0.2, -0.15) is 0 Å². The molecule has 0 radical (unpaired) electrons. The molecule has 0 saturated heterocycles. The minimum absolute atomic E-state index is 0.659. The highest BCUT2D eigenvalue weighted by Crippen LogP contribution is 2.29. The molecule has 1 aromatic heterocycles. The van der Waals surface area contributed by atoms with Crippen LogP contribution in [0.4, 0.5) is 0 Å². The monoisotopic (exact) mass is 281 g/mol. The third kappa shape index (κ3) is 2.58. The molecule has 0 spiro atoms. The van der Waals surface area contributed by atoms with E-state index in [1.807, 2.05) is 54.7 Å². The van der Waals surface area contributed by atoms with Gasteiger partial charge in [-0.15, -0.1) is 5.10 Å². The van der Waals surface area contributed by atoms with Crippen LogP contribution in [0.1, 0.15) is 0 Å². The third-order valence-electron chi connectivity index (χ3n) is 3.19. The van der Waals surface area contributed by atoms with Gasteiger partial charge in [0.05, 0.1) is 26.1 Å². The number of aromatic nitrogens is 3. The Morgan fingerprint density at radius 2 is 1.67 bits per heavy atom. The van der Waals surface area contributed by atoms with Crippen LogP contribution in [0.15, 0.2) is 54.7 Å². The predicted molar refractivity (Wildman–Crippen MR) is 79.9 cm³/mol. The summed E-state index contributed by atoms with van der Waals surface area (Å²) in [5.74, 6) is 1.34. The topological polar surface area (TPSA) is 49.2 Å². The summed E-state index contributed by atoms with van der Waals surface area (Å²) >= 11 is 0. The van der Waals surface area contributed by atoms with E-state index in [4.69, 9.17) is 9.47 Å². The predicted octanol–water partition coefficient (Wildman–Crippen LogP) is 2.95. The zero-order valence-corrected chi connectivity index (χ0v) is 11.9. The fraction of sp³-hybridized carbons (Fsp3) is 0.125. The van der Waals surface area contributed by atoms with E-state index in [0.717, 1.165) is 16.9 Å². The van der Waals surface area contributed by atoms with Crippen molar-refractivity contribution >= 4 is 0 Å². The van der Waals surface area contributed by atoms with Crippen LogP contribution in [0, 0.1) is 0 Å². The van der Waals surface area contributed by atoms with Crippen LogP contribution in [0.5, 0.6) is 11.5 Å². The van der Waals surface area contributed by atoms with Gasteiger partial charge >= 0.3 is 0 Å². The van der Waals surface area contributed by atoms with Gasteiger partial charge in [-0.25, -0.2) is 4.68 Å². The lowest BCUT2D eigenvalue weighted by atomic mass is 10.2. The first kappa shape index (κ1) is 13.2. The second kappa shape index (κ2) is 5.66. The molecule has 0 saturated carbocycles. The van der Waals surface area contributed by atoms with Gasteiger partial charge in [0.2, 0.25) is 0 Å². The summed E-state index contributed by atoms with van der Waals surface area (Å²) in [4.78, 5) is 0. The van der Waals surface area contributed by atoms with Gasteiger partial charge in [0.15, 0.2) is 11.5 Å². The van der Waals surface area contributed by atoms with Gasteiger partial charge in [0, 0.05) is 11.6 Å². The molecule has 21 heavy (non-hydrogen) atoms. The van der Waals surface area contributed by atoms with Crippen LogP contribution in [0.25, 0.3) is 16.9 Å². The second-order valence-electron chi connectivity index (χ2n) is 4.45. The number of nitrogens with zero attached hydrogens (tertiary/aromatic N) is 3. The molecule has 2 aromatic carbocycles. The molecule has 0 fully saturated rings. The summed E-state index contributed by atoms with van der Waals surface area (Å²) in [7, 11) is 3.22. The van der Waals surface area contributed by atoms with E-state index in [2.05, 4.69) is 10.3 Å². The van der Waals surface area contributed by atoms with E-state index in [9.17, 15) is 0 Å². The molecule has 1 heterocycles. The average molecular weight is 281 g/mol. The van der Waals surface area contributed by atoms with Gasteiger partial charge in [0.25, 0.3) is 0 Å². The Labute approximate surface area is 122 Å². The first-order valence-corrected chi connectivity index (χ1v) is 6.52. The van der Waals surface area contributed by atoms with E-state index in [-0.39, 0.29) is 0 Å². The molecule has 0 amide bonds. The Balaban J connectivity index is 1.97. The Hall–Kier alpha value is -2.82. The molecule has 3 rings (SSSR count). The maximum atomic E-state index is 5.30. The molecule has 0 aliphatic carbocycles. The number of benzene rings is 2. The maximum absolute atomic E-state index is 5.30. The van der Waals surface area contributed by atoms with Gasteiger partial charge in [-0.1, -0.05) is 35.5 Å². The standard InChI is InChI=1S/C16H15N3O2/c1-20-15-9-8-13(10-16(15)21-2)19-11-14(17-18-19)12-6-4-3-5-7-12/h3-11H,1-2H3. The third-order valence-corrected chi connectivity index (χ3v) is 3.19. The van der Waals surface area contributed by atoms with Crippen molar-refractivity contribution in [1.82, 2.24) is 15.0 Å². The number of rotatable bonds is 4. The van der Waals surface area contributed by atoms with Crippen LogP contribution in [0.2, 0.25) is 0 Å². The lowest BCUT2D eigenvalue weighted by Crippen LogP contribution is -1.97. The summed E-state index contributed by atoms with van der Waals surface area (Å²) < 4.78 is 12.2. The smallest absolute Gasteiger partial charge is 0.162 e. The molecular formula is C16H15N3O2. The molecule has 0 atom stereocenters. The summed E-state index contributed by atoms with van der Waals surface area (Å²) in [6.07, 6.45) is 1.89. The van der Waals surface area contributed by atoms with Crippen molar-refractivity contribution in [2.45, 2.75) is 0 Å². The lowest BCUT2D eigenvalue weighted by Gasteiger charge is -2.08. The number of hydrogen-bond acceptors (Lipinski definition) is 4. The lowest BCUT2D eigenvalue weighted by molar-refractivity contribution is 0.354. The minimum Gasteiger partial charge on any atom is -0.493 e. The highest BCUT2D eigenvalue weighted by Gasteiger charge is 2.08. The number of methoxy groups -OCH3 is 2. The number of ether oxygens (including phenoxy) is 2. The van der Waals surface area contributed by atoms with E-state index in [1.165, 1.54) is 0 Å². The molecule has 0 bridgehead atoms. The molecular weight excluding hydrogens is 266 g/mol. The summed E-state index contributed by atoms with van der Waals surface area (Å²) in [5, 5.41) is 8.37. The molecule has 0 unspecified atom stereocenters. The zero-order chi connectivity index (χ0) is 14.7. The Kier molecular flexibility index (Phi) is 3.55. The first-order chi connectivity index (χ1) is 10.3. The van der Waals surface area contributed by atoms with Crippen LogP contribution in [-0.2, 0) is 0 Å². The van der Waals surface area contributed by atoms with Gasteiger partial charge in [-0.05, 0) is 12.1 Å². The van der Waals surface area contributed by atoms with Crippen LogP contribution in [-0.4, -0.2) is 29.2 Å². The second-order valence-corrected chi connectivity index (χ2v) is 4.45. The van der Waals surface area contributed by atoms with Crippen LogP contribution < -0.4 is 9.47 Å². The highest BCUT2D eigenvalue weighted by atomic mass is 16.5. The van der Waals surface area contributed by atoms with E-state index in [1.54, 1.807) is 18.9 Å². The van der Waals surface area contributed by atoms with Crippen LogP contribution >= 0.6 is 0 Å². The molecule has 106 valence electrons. The normalized spacial score (nSPS) is 10.4. The summed E-state index contributed by atoms with van der Waals surface area (Å²) in [5.41, 5.74) is 2.72. The van der Waals surface area contributed by atoms with Crippen molar-refractivity contribution in [2.24, 2.45) is 0 Å². The van der Waals surface area contributed by atoms with Crippen molar-refractivity contribution in [1.29, 1.82) is 0 Å². The number of hydrogen-bond donors (Lipinski definition) is 0. The molecule has 5 heteroatoms. The average Bonchev–Trinajstić information content (AvgIpc) is 3.05. The van der Waals surface area contributed by atoms with E-state index in [0.29, 0.717) is 11.5 Å². The molecule has 0 aliphatic heterocycles. The quantitative estimate of drug-likeness (QED) is 0.737. The van der Waals surface area contributed by atoms with Crippen molar-refractivity contribution in [3.8, 4) is 28.4 Å². The van der Waals surface area contributed by atoms with E-state index >= 15 is 0 Å². The van der Waals surface area contributed by atoms with Gasteiger partial charge < -0.3 is 9.47 Å². The SMILES string of the molecule is COc1ccc(-n2cc(-c3ccccc3)nn2)cc1OC. The Bertz CT molecular complexity index is 738. The molecule has 0 aliphatic rings. The van der Waals surface area contributed by atoms with Crippen molar-refractivity contribution < 1.29 is 9.47 Å². The maximum Gasteiger partial charge on any atom is 0.162 e. The highest BCUT2D eigenvalue weighted by molar-refractivity contribution is 5.58. The van der Waals surface area contributed by atoms with E-state index < -0.39 is 0 Å². The van der Waals surface area contributed by atoms with Crippen molar-refractivity contribution in [3.05, 3.63) is 54.7 Å².